The summed E-state index contributed by atoms with van der Waals surface area (Å²) < 4.78 is 0. The molecule has 4 nitrogen and oxygen atoms in total. The summed E-state index contributed by atoms with van der Waals surface area (Å²) >= 11 is 0. The van der Waals surface area contributed by atoms with E-state index in [4.69, 9.17) is 10.8 Å². The lowest BCUT2D eigenvalue weighted by Crippen LogP contribution is -2.46. The summed E-state index contributed by atoms with van der Waals surface area (Å²) in [5.74, 6) is 0.0529. The Morgan fingerprint density at radius 2 is 1.94 bits per heavy atom. The molecule has 0 heterocycles. The third kappa shape index (κ3) is 5.36. The van der Waals surface area contributed by atoms with Crippen LogP contribution < -0.4 is 11.1 Å². The van der Waals surface area contributed by atoms with E-state index in [0.29, 0.717) is 6.54 Å². The Balaban J connectivity index is 2.26. The van der Waals surface area contributed by atoms with Crippen molar-refractivity contribution in [3.05, 3.63) is 0 Å². The van der Waals surface area contributed by atoms with Gasteiger partial charge >= 0.3 is 5.97 Å². The van der Waals surface area contributed by atoms with Gasteiger partial charge in [-0.1, -0.05) is 46.0 Å². The Bertz CT molecular complexity index is 250. The van der Waals surface area contributed by atoms with Gasteiger partial charge in [0.25, 0.3) is 0 Å². The van der Waals surface area contributed by atoms with Crippen LogP contribution in [0.2, 0.25) is 0 Å². The number of aliphatic carboxylic acids is 1. The number of hydrogen-bond donors (Lipinski definition) is 3. The quantitative estimate of drug-likeness (QED) is 0.651. The van der Waals surface area contributed by atoms with E-state index in [0.717, 1.165) is 12.3 Å². The van der Waals surface area contributed by atoms with Crippen molar-refractivity contribution in [3.63, 3.8) is 0 Å². The van der Waals surface area contributed by atoms with Crippen LogP contribution in [0, 0.1) is 11.8 Å². The summed E-state index contributed by atoms with van der Waals surface area (Å²) in [5, 5.41) is 12.2. The molecule has 0 aromatic carbocycles. The van der Waals surface area contributed by atoms with Crippen molar-refractivity contribution in [1.82, 2.24) is 5.32 Å². The van der Waals surface area contributed by atoms with E-state index >= 15 is 0 Å². The van der Waals surface area contributed by atoms with E-state index < -0.39 is 12.0 Å². The van der Waals surface area contributed by atoms with Crippen LogP contribution in [0.15, 0.2) is 0 Å². The minimum absolute atomic E-state index is 0.0775. The highest BCUT2D eigenvalue weighted by Crippen LogP contribution is 2.26. The highest BCUT2D eigenvalue weighted by Gasteiger charge is 2.22. The molecule has 4 heteroatoms. The maximum absolute atomic E-state index is 11.0. The summed E-state index contributed by atoms with van der Waals surface area (Å²) in [7, 11) is 0. The fourth-order valence-corrected chi connectivity index (χ4v) is 2.82. The predicted octanol–water partition coefficient (Wildman–Crippen LogP) is 1.98. The average molecular weight is 256 g/mol. The van der Waals surface area contributed by atoms with Crippen molar-refractivity contribution >= 4 is 5.97 Å². The second kappa shape index (κ2) is 7.74. The van der Waals surface area contributed by atoms with Crippen LogP contribution in [0.4, 0.5) is 0 Å². The number of carbonyl (C=O) groups is 1. The van der Waals surface area contributed by atoms with E-state index in [1.807, 2.05) is 13.8 Å². The third-order valence-corrected chi connectivity index (χ3v) is 3.89. The lowest BCUT2D eigenvalue weighted by atomic mass is 9.85. The number of carboxylic acid groups (broad SMARTS) is 1. The summed E-state index contributed by atoms with van der Waals surface area (Å²) in [6.45, 7) is 4.43. The molecule has 18 heavy (non-hydrogen) atoms. The molecular weight excluding hydrogens is 228 g/mol. The molecule has 0 bridgehead atoms. The molecule has 0 aromatic heterocycles. The predicted molar refractivity (Wildman–Crippen MR) is 73.4 cm³/mol. The first-order chi connectivity index (χ1) is 8.50. The van der Waals surface area contributed by atoms with E-state index in [1.165, 1.54) is 32.1 Å². The molecule has 1 aliphatic carbocycles. The fourth-order valence-electron chi connectivity index (χ4n) is 2.82. The van der Waals surface area contributed by atoms with E-state index in [9.17, 15) is 4.79 Å². The first-order valence-electron chi connectivity index (χ1n) is 7.22. The lowest BCUT2D eigenvalue weighted by Gasteiger charge is -2.26. The topological polar surface area (TPSA) is 75.3 Å². The van der Waals surface area contributed by atoms with Crippen molar-refractivity contribution in [3.8, 4) is 0 Å². The second-order valence-corrected chi connectivity index (χ2v) is 5.97. The molecule has 2 atom stereocenters. The van der Waals surface area contributed by atoms with Crippen LogP contribution in [0.3, 0.4) is 0 Å². The Kier molecular flexibility index (Phi) is 6.65. The minimum atomic E-state index is -0.783. The van der Waals surface area contributed by atoms with Crippen molar-refractivity contribution in [2.24, 2.45) is 17.6 Å². The number of hydrogen-bond acceptors (Lipinski definition) is 3. The molecule has 0 spiro atoms. The smallest absolute Gasteiger partial charge is 0.320 e. The molecule has 0 unspecified atom stereocenters. The maximum atomic E-state index is 11.0. The first-order valence-corrected chi connectivity index (χ1v) is 7.22. The van der Waals surface area contributed by atoms with Gasteiger partial charge in [0.05, 0.1) is 0 Å². The summed E-state index contributed by atoms with van der Waals surface area (Å²) in [4.78, 5) is 11.0. The maximum Gasteiger partial charge on any atom is 0.320 e. The molecule has 1 aliphatic rings. The Morgan fingerprint density at radius 1 is 1.33 bits per heavy atom. The van der Waals surface area contributed by atoms with Gasteiger partial charge in [0.2, 0.25) is 0 Å². The van der Waals surface area contributed by atoms with Gasteiger partial charge in [-0.25, -0.2) is 0 Å². The fraction of sp³-hybridized carbons (Fsp3) is 0.929. The van der Waals surface area contributed by atoms with Gasteiger partial charge in [-0.3, -0.25) is 4.79 Å². The average Bonchev–Trinajstić information content (AvgIpc) is 2.29. The zero-order valence-corrected chi connectivity index (χ0v) is 11.7. The van der Waals surface area contributed by atoms with Crippen molar-refractivity contribution in [2.45, 2.75) is 64.5 Å². The van der Waals surface area contributed by atoms with Crippen molar-refractivity contribution in [1.29, 1.82) is 0 Å². The number of nitrogens with one attached hydrogen (secondary N) is 1. The summed E-state index contributed by atoms with van der Waals surface area (Å²) in [6, 6.07) is -0.406. The van der Waals surface area contributed by atoms with E-state index in [2.05, 4.69) is 5.32 Å². The number of carboxylic acids is 1. The zero-order valence-electron chi connectivity index (χ0n) is 11.7. The van der Waals surface area contributed by atoms with Gasteiger partial charge in [-0.05, 0) is 18.3 Å². The standard InChI is InChI=1S/C14H28N2O2/c1-10(2)13(14(17)18)16-9-12(15)8-11-6-4-3-5-7-11/h10-13,16H,3-9,15H2,1-2H3,(H,17,18)/t12-,13-/m0/s1. The lowest BCUT2D eigenvalue weighted by molar-refractivity contribution is -0.140. The molecule has 0 radical (unpaired) electrons. The molecule has 0 aromatic rings. The summed E-state index contributed by atoms with van der Waals surface area (Å²) in [5.41, 5.74) is 6.10. The minimum Gasteiger partial charge on any atom is -0.480 e. The Labute approximate surface area is 110 Å². The molecule has 0 saturated heterocycles. The van der Waals surface area contributed by atoms with Gasteiger partial charge in [-0.2, -0.15) is 0 Å². The number of rotatable bonds is 7. The molecule has 1 saturated carbocycles. The summed E-state index contributed by atoms with van der Waals surface area (Å²) in [6.07, 6.45) is 7.62. The van der Waals surface area contributed by atoms with Gasteiger partial charge < -0.3 is 16.2 Å². The van der Waals surface area contributed by atoms with Crippen LogP contribution in [0.25, 0.3) is 0 Å². The van der Waals surface area contributed by atoms with Crippen LogP contribution in [0.1, 0.15) is 52.4 Å². The second-order valence-electron chi connectivity index (χ2n) is 5.97. The zero-order chi connectivity index (χ0) is 13.5. The van der Waals surface area contributed by atoms with Crippen molar-refractivity contribution < 1.29 is 9.90 Å². The Hall–Kier alpha value is -0.610. The molecule has 0 aliphatic heterocycles. The largest absolute Gasteiger partial charge is 0.480 e. The number of nitrogens with two attached hydrogens (primary N) is 1. The first kappa shape index (κ1) is 15.4. The third-order valence-electron chi connectivity index (χ3n) is 3.89. The molecule has 106 valence electrons. The van der Waals surface area contributed by atoms with Crippen LogP contribution in [-0.2, 0) is 4.79 Å². The van der Waals surface area contributed by atoms with Gasteiger partial charge in [0.15, 0.2) is 0 Å². The Morgan fingerprint density at radius 3 is 2.44 bits per heavy atom. The molecular formula is C14H28N2O2. The van der Waals surface area contributed by atoms with E-state index in [1.54, 1.807) is 0 Å². The van der Waals surface area contributed by atoms with Crippen LogP contribution in [-0.4, -0.2) is 29.7 Å². The normalized spacial score (nSPS) is 20.9. The highest BCUT2D eigenvalue weighted by molar-refractivity contribution is 5.73. The van der Waals surface area contributed by atoms with Crippen molar-refractivity contribution in [2.75, 3.05) is 6.54 Å². The van der Waals surface area contributed by atoms with E-state index in [-0.39, 0.29) is 12.0 Å². The van der Waals surface area contributed by atoms with Gasteiger partial charge in [0, 0.05) is 12.6 Å². The SMILES string of the molecule is CC(C)[C@H](NC[C@@H](N)CC1CCCCC1)C(=O)O. The monoisotopic (exact) mass is 256 g/mol. The molecule has 0 amide bonds. The highest BCUT2D eigenvalue weighted by atomic mass is 16.4. The van der Waals surface area contributed by atoms with Crippen LogP contribution in [0.5, 0.6) is 0 Å². The van der Waals surface area contributed by atoms with Gasteiger partial charge in [0.1, 0.15) is 6.04 Å². The molecule has 1 fully saturated rings. The van der Waals surface area contributed by atoms with Gasteiger partial charge in [-0.15, -0.1) is 0 Å². The molecule has 1 rings (SSSR count). The molecule has 4 N–H and O–H groups in total. The van der Waals surface area contributed by atoms with Crippen LogP contribution >= 0.6 is 0 Å².